The van der Waals surface area contributed by atoms with Gasteiger partial charge in [0.1, 0.15) is 16.9 Å². The lowest BCUT2D eigenvalue weighted by molar-refractivity contribution is -0.671. The fourth-order valence-electron chi connectivity index (χ4n) is 4.00. The van der Waals surface area contributed by atoms with Crippen LogP contribution in [0.15, 0.2) is 59.7 Å². The molecule has 0 bridgehead atoms. The topological polar surface area (TPSA) is 71.4 Å². The Morgan fingerprint density at radius 1 is 1.09 bits per heavy atom. The van der Waals surface area contributed by atoms with Gasteiger partial charge < -0.3 is 5.11 Å². The zero-order valence-electron chi connectivity index (χ0n) is 18.0. The maximum atomic E-state index is 13.6. The fourth-order valence-corrected chi connectivity index (χ4v) is 5.65. The molecule has 0 atom stereocenters. The highest BCUT2D eigenvalue weighted by Crippen LogP contribution is 2.35. The van der Waals surface area contributed by atoms with Crippen LogP contribution in [0.5, 0.6) is 5.88 Å². The molecule has 35 heavy (non-hydrogen) atoms. The summed E-state index contributed by atoms with van der Waals surface area (Å²) < 4.78 is 3.56. The fraction of sp³-hybridized carbons (Fsp3) is 0.0833. The number of halogens is 4. The maximum Gasteiger partial charge on any atom is 0.354 e. The SMILES string of the molecule is Cc1cccn2c(=O)c(-c3cc(Cl)cc(-c4ccc(Cl)nc4Cl)c3)c(O)[n+](Cc3cnc(Cl)s3)c12. The number of aromatic nitrogens is 4. The molecule has 5 aromatic rings. The summed E-state index contributed by atoms with van der Waals surface area (Å²) in [5, 5.41) is 12.3. The van der Waals surface area contributed by atoms with Crippen molar-refractivity contribution in [2.24, 2.45) is 0 Å². The highest BCUT2D eigenvalue weighted by Gasteiger charge is 2.27. The molecule has 0 unspecified atom stereocenters. The van der Waals surface area contributed by atoms with Crippen LogP contribution < -0.4 is 10.1 Å². The predicted molar refractivity (Wildman–Crippen MR) is 140 cm³/mol. The number of rotatable bonds is 4. The Balaban J connectivity index is 1.79. The second-order valence-electron chi connectivity index (χ2n) is 7.76. The van der Waals surface area contributed by atoms with E-state index in [1.165, 1.54) is 15.7 Å². The van der Waals surface area contributed by atoms with Crippen molar-refractivity contribution in [2.75, 3.05) is 0 Å². The lowest BCUT2D eigenvalue weighted by Gasteiger charge is -2.12. The highest BCUT2D eigenvalue weighted by atomic mass is 35.5. The summed E-state index contributed by atoms with van der Waals surface area (Å²) in [5.41, 5.74) is 2.69. The lowest BCUT2D eigenvalue weighted by Crippen LogP contribution is -2.41. The minimum atomic E-state index is -0.395. The number of benzene rings is 1. The van der Waals surface area contributed by atoms with Gasteiger partial charge in [-0.1, -0.05) is 46.4 Å². The number of thiazole rings is 1. The van der Waals surface area contributed by atoms with E-state index in [2.05, 4.69) is 9.97 Å². The number of fused-ring (bicyclic) bond motifs is 1. The van der Waals surface area contributed by atoms with Crippen molar-refractivity contribution in [1.82, 2.24) is 14.4 Å². The summed E-state index contributed by atoms with van der Waals surface area (Å²) in [6, 6.07) is 12.0. The summed E-state index contributed by atoms with van der Waals surface area (Å²) in [4.78, 5) is 22.6. The van der Waals surface area contributed by atoms with Gasteiger partial charge in [-0.3, -0.25) is 0 Å². The summed E-state index contributed by atoms with van der Waals surface area (Å²) in [6.07, 6.45) is 3.31. The van der Waals surface area contributed by atoms with E-state index in [9.17, 15) is 9.90 Å². The summed E-state index contributed by atoms with van der Waals surface area (Å²) in [7, 11) is 0. The van der Waals surface area contributed by atoms with Gasteiger partial charge in [-0.25, -0.2) is 14.8 Å². The molecule has 0 amide bonds. The van der Waals surface area contributed by atoms with E-state index >= 15 is 0 Å². The van der Waals surface area contributed by atoms with Gasteiger partial charge in [-0.15, -0.1) is 11.3 Å². The number of aromatic hydroxyl groups is 1. The first-order valence-corrected chi connectivity index (χ1v) is 12.6. The van der Waals surface area contributed by atoms with E-state index in [1.54, 1.807) is 53.4 Å². The van der Waals surface area contributed by atoms with Crippen molar-refractivity contribution in [3.63, 3.8) is 0 Å². The first-order valence-electron chi connectivity index (χ1n) is 10.2. The van der Waals surface area contributed by atoms with Gasteiger partial charge in [0.25, 0.3) is 11.5 Å². The van der Waals surface area contributed by atoms with Crippen molar-refractivity contribution in [3.05, 3.63) is 95.4 Å². The molecule has 0 aliphatic heterocycles. The minimum Gasteiger partial charge on any atom is -0.477 e. The largest absolute Gasteiger partial charge is 0.477 e. The average molecular weight is 565 g/mol. The molecule has 6 nitrogen and oxygen atoms in total. The first-order chi connectivity index (χ1) is 16.7. The van der Waals surface area contributed by atoms with Crippen LogP contribution in [0.1, 0.15) is 10.4 Å². The van der Waals surface area contributed by atoms with Crippen LogP contribution in [0.2, 0.25) is 19.8 Å². The zero-order chi connectivity index (χ0) is 24.9. The van der Waals surface area contributed by atoms with Crippen LogP contribution in [0.25, 0.3) is 27.9 Å². The Kier molecular flexibility index (Phi) is 6.46. The molecule has 0 saturated carbocycles. The van der Waals surface area contributed by atoms with E-state index < -0.39 is 5.56 Å². The van der Waals surface area contributed by atoms with E-state index in [0.29, 0.717) is 31.8 Å². The van der Waals surface area contributed by atoms with Crippen molar-refractivity contribution in [2.45, 2.75) is 13.5 Å². The molecule has 1 N–H and O–H groups in total. The third-order valence-corrected chi connectivity index (χ3v) is 7.30. The summed E-state index contributed by atoms with van der Waals surface area (Å²) in [6.45, 7) is 2.13. The second kappa shape index (κ2) is 9.41. The molecular formula is C24H15Cl4N4O2S+. The van der Waals surface area contributed by atoms with Crippen LogP contribution in [-0.4, -0.2) is 19.5 Å². The van der Waals surface area contributed by atoms with Crippen LogP contribution in [0.3, 0.4) is 0 Å². The first kappa shape index (κ1) is 24.0. The number of hydrogen-bond acceptors (Lipinski definition) is 5. The van der Waals surface area contributed by atoms with Crippen molar-refractivity contribution in [3.8, 4) is 28.1 Å². The summed E-state index contributed by atoms with van der Waals surface area (Å²) in [5.74, 6) is -0.206. The van der Waals surface area contributed by atoms with E-state index in [0.717, 1.165) is 10.4 Å². The van der Waals surface area contributed by atoms with Gasteiger partial charge in [0.15, 0.2) is 10.0 Å². The maximum absolute atomic E-state index is 13.6. The van der Waals surface area contributed by atoms with E-state index in [1.807, 2.05) is 13.0 Å². The Labute approximate surface area is 223 Å². The van der Waals surface area contributed by atoms with Crippen LogP contribution in [0.4, 0.5) is 0 Å². The Bertz CT molecular complexity index is 1680. The van der Waals surface area contributed by atoms with Gasteiger partial charge in [0.05, 0.1) is 11.1 Å². The Morgan fingerprint density at radius 2 is 1.86 bits per heavy atom. The van der Waals surface area contributed by atoms with Crippen molar-refractivity contribution >= 4 is 63.4 Å². The van der Waals surface area contributed by atoms with Crippen LogP contribution in [-0.2, 0) is 6.54 Å². The van der Waals surface area contributed by atoms with Crippen LogP contribution >= 0.6 is 57.7 Å². The van der Waals surface area contributed by atoms with E-state index in [4.69, 9.17) is 46.4 Å². The molecule has 11 heteroatoms. The molecule has 176 valence electrons. The molecule has 0 spiro atoms. The molecule has 5 rings (SSSR count). The summed E-state index contributed by atoms with van der Waals surface area (Å²) >= 11 is 26.0. The van der Waals surface area contributed by atoms with Gasteiger partial charge in [0, 0.05) is 22.3 Å². The van der Waals surface area contributed by atoms with Crippen molar-refractivity contribution < 1.29 is 9.67 Å². The van der Waals surface area contributed by atoms with Gasteiger partial charge >= 0.3 is 5.56 Å². The minimum absolute atomic E-state index is 0.0884. The molecular weight excluding hydrogens is 550 g/mol. The molecule has 0 saturated heterocycles. The molecule has 1 aromatic carbocycles. The quantitative estimate of drug-likeness (QED) is 0.201. The van der Waals surface area contributed by atoms with Gasteiger partial charge in [-0.2, -0.15) is 8.97 Å². The third-order valence-electron chi connectivity index (χ3n) is 5.48. The highest BCUT2D eigenvalue weighted by molar-refractivity contribution is 7.15. The Hall–Kier alpha value is -2.68. The predicted octanol–water partition coefficient (Wildman–Crippen LogP) is 6.45. The molecule has 4 aromatic heterocycles. The number of hydrogen-bond donors (Lipinski definition) is 1. The average Bonchev–Trinajstić information content (AvgIpc) is 3.21. The lowest BCUT2D eigenvalue weighted by atomic mass is 10.0. The normalized spacial score (nSPS) is 11.3. The third kappa shape index (κ3) is 4.50. The monoisotopic (exact) mass is 563 g/mol. The number of pyridine rings is 2. The zero-order valence-corrected chi connectivity index (χ0v) is 21.8. The van der Waals surface area contributed by atoms with Crippen molar-refractivity contribution in [1.29, 1.82) is 0 Å². The van der Waals surface area contributed by atoms with Gasteiger partial charge in [0.2, 0.25) is 0 Å². The molecule has 4 heterocycles. The Morgan fingerprint density at radius 3 is 2.57 bits per heavy atom. The molecule has 0 aliphatic carbocycles. The molecule has 0 fully saturated rings. The molecule has 0 radical (unpaired) electrons. The second-order valence-corrected chi connectivity index (χ2v) is 10.6. The smallest absolute Gasteiger partial charge is 0.354 e. The van der Waals surface area contributed by atoms with Crippen LogP contribution in [0, 0.1) is 6.92 Å². The van der Waals surface area contributed by atoms with Gasteiger partial charge in [-0.05, 0) is 60.5 Å². The standard InChI is InChI=1S/C24H14Cl4N4O2S/c1-12-3-2-6-31-21(12)32(11-16-10-29-24(28)35-16)23(34)19(22(31)33)14-7-13(8-15(25)9-14)17-4-5-18(26)30-20(17)27/h2-10H,11H2,1H3/p+1. The number of nitrogens with zero attached hydrogens (tertiary/aromatic N) is 4. The van der Waals surface area contributed by atoms with E-state index in [-0.39, 0.29) is 28.3 Å². The number of aryl methyl sites for hydroxylation is 1. The molecule has 0 aliphatic rings.